The third-order valence-corrected chi connectivity index (χ3v) is 4.63. The highest BCUT2D eigenvalue weighted by atomic mass is 35.5. The molecule has 9 heteroatoms. The summed E-state index contributed by atoms with van der Waals surface area (Å²) in [5, 5.41) is 6.02. The van der Waals surface area contributed by atoms with Gasteiger partial charge in [0.2, 0.25) is 5.91 Å². The van der Waals surface area contributed by atoms with Gasteiger partial charge in [-0.25, -0.2) is 4.98 Å². The van der Waals surface area contributed by atoms with Gasteiger partial charge in [-0.15, -0.1) is 24.8 Å². The number of likely N-dealkylation sites (N-methyl/N-ethyl adjacent to an activating group) is 1. The molecule has 0 radical (unpaired) electrons. The average Bonchev–Trinajstić information content (AvgIpc) is 3.32. The van der Waals surface area contributed by atoms with Crippen LogP contribution in [0.2, 0.25) is 0 Å². The maximum atomic E-state index is 12.8. The molecule has 0 bridgehead atoms. The minimum atomic E-state index is -0.0856. The Morgan fingerprint density at radius 2 is 2.11 bits per heavy atom. The molecule has 1 fully saturated rings. The van der Waals surface area contributed by atoms with E-state index >= 15 is 0 Å². The standard InChI is InChI=1S/C19H25N5O2.2ClH/c1-20-13-17-6-3-9-24(17)19(26)15-4-2-5-16(12-15)22-18(25)7-10-23-11-8-21-14-23;;/h2,4-5,8,11-12,14,17,20H,3,6-7,9-10,13H2,1H3,(H,22,25);2*1H. The quantitative estimate of drug-likeness (QED) is 0.711. The summed E-state index contributed by atoms with van der Waals surface area (Å²) in [4.78, 5) is 30.8. The van der Waals surface area contributed by atoms with E-state index in [4.69, 9.17) is 0 Å². The predicted molar refractivity (Wildman–Crippen MR) is 114 cm³/mol. The number of carbonyl (C=O) groups excluding carboxylic acids is 2. The molecule has 154 valence electrons. The second kappa shape index (κ2) is 11.7. The summed E-state index contributed by atoms with van der Waals surface area (Å²) in [5.41, 5.74) is 1.26. The summed E-state index contributed by atoms with van der Waals surface area (Å²) in [6.45, 7) is 2.16. The number of nitrogens with one attached hydrogen (secondary N) is 2. The molecule has 2 amide bonds. The van der Waals surface area contributed by atoms with E-state index in [1.165, 1.54) is 0 Å². The molecule has 1 aromatic carbocycles. The van der Waals surface area contributed by atoms with Crippen molar-refractivity contribution < 1.29 is 9.59 Å². The van der Waals surface area contributed by atoms with Crippen molar-refractivity contribution in [2.45, 2.75) is 31.8 Å². The molecule has 0 aliphatic carbocycles. The van der Waals surface area contributed by atoms with Crippen LogP contribution >= 0.6 is 24.8 Å². The van der Waals surface area contributed by atoms with Gasteiger partial charge in [0.05, 0.1) is 6.33 Å². The molecule has 1 unspecified atom stereocenters. The first-order chi connectivity index (χ1) is 12.7. The molecule has 1 aliphatic rings. The number of aromatic nitrogens is 2. The highest BCUT2D eigenvalue weighted by Crippen LogP contribution is 2.21. The first kappa shape index (κ1) is 23.9. The van der Waals surface area contributed by atoms with Gasteiger partial charge in [-0.1, -0.05) is 6.07 Å². The molecule has 0 spiro atoms. The number of hydrogen-bond acceptors (Lipinski definition) is 4. The van der Waals surface area contributed by atoms with Gasteiger partial charge in [-0.05, 0) is 38.1 Å². The van der Waals surface area contributed by atoms with Crippen molar-refractivity contribution in [2.24, 2.45) is 0 Å². The Balaban J connectivity index is 0.00000196. The van der Waals surface area contributed by atoms with E-state index in [0.29, 0.717) is 24.2 Å². The van der Waals surface area contributed by atoms with Gasteiger partial charge in [0.15, 0.2) is 0 Å². The highest BCUT2D eigenvalue weighted by Gasteiger charge is 2.28. The first-order valence-electron chi connectivity index (χ1n) is 8.98. The summed E-state index contributed by atoms with van der Waals surface area (Å²) in [6.07, 6.45) is 7.60. The van der Waals surface area contributed by atoms with Crippen LogP contribution in [0, 0.1) is 0 Å². The average molecular weight is 428 g/mol. The third kappa shape index (κ3) is 6.22. The van der Waals surface area contributed by atoms with Gasteiger partial charge in [0, 0.05) is 55.7 Å². The number of benzene rings is 1. The van der Waals surface area contributed by atoms with Gasteiger partial charge in [-0.3, -0.25) is 9.59 Å². The van der Waals surface area contributed by atoms with Crippen LogP contribution in [0.3, 0.4) is 0 Å². The lowest BCUT2D eigenvalue weighted by Crippen LogP contribution is -2.40. The fourth-order valence-corrected chi connectivity index (χ4v) is 3.32. The molecule has 1 atom stereocenters. The van der Waals surface area contributed by atoms with Crippen molar-refractivity contribution in [2.75, 3.05) is 25.5 Å². The van der Waals surface area contributed by atoms with Crippen molar-refractivity contribution in [3.63, 3.8) is 0 Å². The topological polar surface area (TPSA) is 79.3 Å². The molecule has 2 heterocycles. The minimum Gasteiger partial charge on any atom is -0.337 e. The SMILES string of the molecule is CNCC1CCCN1C(=O)c1cccc(NC(=O)CCn2ccnc2)c1.Cl.Cl. The third-order valence-electron chi connectivity index (χ3n) is 4.63. The van der Waals surface area contributed by atoms with E-state index in [-0.39, 0.29) is 42.7 Å². The zero-order valence-corrected chi connectivity index (χ0v) is 17.5. The number of aryl methyl sites for hydroxylation is 1. The lowest BCUT2D eigenvalue weighted by molar-refractivity contribution is -0.116. The maximum Gasteiger partial charge on any atom is 0.254 e. The molecule has 2 aromatic rings. The van der Waals surface area contributed by atoms with Crippen LogP contribution in [0.25, 0.3) is 0 Å². The second-order valence-corrected chi connectivity index (χ2v) is 6.53. The van der Waals surface area contributed by atoms with Gasteiger partial charge in [0.25, 0.3) is 5.91 Å². The number of hydrogen-bond donors (Lipinski definition) is 2. The molecule has 1 saturated heterocycles. The normalized spacial score (nSPS) is 15.5. The summed E-state index contributed by atoms with van der Waals surface area (Å²) >= 11 is 0. The number of anilines is 1. The zero-order valence-electron chi connectivity index (χ0n) is 15.8. The van der Waals surface area contributed by atoms with Gasteiger partial charge in [-0.2, -0.15) is 0 Å². The predicted octanol–water partition coefficient (Wildman–Crippen LogP) is 2.58. The fraction of sp³-hybridized carbons (Fsp3) is 0.421. The summed E-state index contributed by atoms with van der Waals surface area (Å²) < 4.78 is 1.86. The number of amides is 2. The van der Waals surface area contributed by atoms with E-state index in [0.717, 1.165) is 25.9 Å². The number of nitrogens with zero attached hydrogens (tertiary/aromatic N) is 3. The van der Waals surface area contributed by atoms with Crippen molar-refractivity contribution >= 4 is 42.3 Å². The van der Waals surface area contributed by atoms with Gasteiger partial charge in [0.1, 0.15) is 0 Å². The van der Waals surface area contributed by atoms with Crippen LogP contribution in [-0.2, 0) is 11.3 Å². The van der Waals surface area contributed by atoms with Crippen molar-refractivity contribution in [3.8, 4) is 0 Å². The lowest BCUT2D eigenvalue weighted by Gasteiger charge is -2.24. The Labute approximate surface area is 177 Å². The molecule has 28 heavy (non-hydrogen) atoms. The number of imidazole rings is 1. The molecule has 1 aliphatic heterocycles. The Bertz CT molecular complexity index is 755. The maximum absolute atomic E-state index is 12.8. The number of carbonyl (C=O) groups is 2. The van der Waals surface area contributed by atoms with E-state index in [1.807, 2.05) is 28.8 Å². The van der Waals surface area contributed by atoms with Crippen LogP contribution in [0.1, 0.15) is 29.6 Å². The Kier molecular flexibility index (Phi) is 9.99. The van der Waals surface area contributed by atoms with Gasteiger partial charge < -0.3 is 20.1 Å². The summed E-state index contributed by atoms with van der Waals surface area (Å²) in [6, 6.07) is 7.41. The second-order valence-electron chi connectivity index (χ2n) is 6.53. The van der Waals surface area contributed by atoms with Crippen molar-refractivity contribution in [3.05, 3.63) is 48.5 Å². The molecular weight excluding hydrogens is 401 g/mol. The van der Waals surface area contributed by atoms with Crippen molar-refractivity contribution in [1.29, 1.82) is 0 Å². The van der Waals surface area contributed by atoms with Crippen LogP contribution in [0.5, 0.6) is 0 Å². The van der Waals surface area contributed by atoms with E-state index in [1.54, 1.807) is 30.7 Å². The van der Waals surface area contributed by atoms with E-state index in [9.17, 15) is 9.59 Å². The fourth-order valence-electron chi connectivity index (χ4n) is 3.32. The molecule has 1 aromatic heterocycles. The van der Waals surface area contributed by atoms with Crippen LogP contribution in [0.15, 0.2) is 43.0 Å². The number of halogens is 2. The van der Waals surface area contributed by atoms with Crippen LogP contribution in [-0.4, -0.2) is 52.4 Å². The monoisotopic (exact) mass is 427 g/mol. The smallest absolute Gasteiger partial charge is 0.254 e. The number of rotatable bonds is 7. The highest BCUT2D eigenvalue weighted by molar-refractivity contribution is 5.97. The van der Waals surface area contributed by atoms with Gasteiger partial charge >= 0.3 is 0 Å². The molecule has 2 N–H and O–H groups in total. The Morgan fingerprint density at radius 1 is 1.29 bits per heavy atom. The molecule has 3 rings (SSSR count). The van der Waals surface area contributed by atoms with Crippen LogP contribution < -0.4 is 10.6 Å². The Hall–Kier alpha value is -2.09. The van der Waals surface area contributed by atoms with Crippen LogP contribution in [0.4, 0.5) is 5.69 Å². The first-order valence-corrected chi connectivity index (χ1v) is 8.98. The zero-order chi connectivity index (χ0) is 18.4. The molecule has 7 nitrogen and oxygen atoms in total. The Morgan fingerprint density at radius 3 is 2.82 bits per heavy atom. The number of likely N-dealkylation sites (tertiary alicyclic amines) is 1. The molecular formula is C19H27Cl2N5O2. The minimum absolute atomic E-state index is 0. The van der Waals surface area contributed by atoms with Crippen molar-refractivity contribution in [1.82, 2.24) is 19.8 Å². The largest absolute Gasteiger partial charge is 0.337 e. The summed E-state index contributed by atoms with van der Waals surface area (Å²) in [7, 11) is 1.90. The molecule has 0 saturated carbocycles. The summed E-state index contributed by atoms with van der Waals surface area (Å²) in [5.74, 6) is -0.0604. The van der Waals surface area contributed by atoms with E-state index < -0.39 is 0 Å². The van der Waals surface area contributed by atoms with E-state index in [2.05, 4.69) is 15.6 Å². The lowest BCUT2D eigenvalue weighted by atomic mass is 10.1.